The Balaban J connectivity index is 2.93. The first-order valence-corrected chi connectivity index (χ1v) is 6.90. The molecule has 0 fully saturated rings. The van der Waals surface area contributed by atoms with E-state index in [1.54, 1.807) is 6.92 Å². The quantitative estimate of drug-likeness (QED) is 0.799. The summed E-state index contributed by atoms with van der Waals surface area (Å²) < 4.78 is 13.5. The molecule has 0 saturated carbocycles. The Kier molecular flexibility index (Phi) is 5.22. The van der Waals surface area contributed by atoms with Crippen LogP contribution in [0.25, 0.3) is 0 Å². The molecule has 1 aromatic carbocycles. The monoisotopic (exact) mass is 305 g/mol. The summed E-state index contributed by atoms with van der Waals surface area (Å²) in [4.78, 5) is 12.1. The molecule has 0 radical (unpaired) electrons. The predicted molar refractivity (Wildman–Crippen MR) is 77.0 cm³/mol. The van der Waals surface area contributed by atoms with Crippen LogP contribution in [-0.2, 0) is 4.79 Å². The predicted octanol–water partition coefficient (Wildman–Crippen LogP) is 4.75. The number of nitrogens with one attached hydrogen (secondary N) is 1. The first kappa shape index (κ1) is 16.3. The van der Waals surface area contributed by atoms with Gasteiger partial charge in [0.1, 0.15) is 5.82 Å². The minimum Gasteiger partial charge on any atom is -0.349 e. The van der Waals surface area contributed by atoms with Crippen molar-refractivity contribution < 1.29 is 9.18 Å². The second kappa shape index (κ2) is 6.10. The van der Waals surface area contributed by atoms with Crippen molar-refractivity contribution in [2.24, 2.45) is 5.41 Å². The van der Waals surface area contributed by atoms with Crippen LogP contribution in [0.3, 0.4) is 0 Å². The Morgan fingerprint density at radius 1 is 1.37 bits per heavy atom. The van der Waals surface area contributed by atoms with Gasteiger partial charge in [-0.05, 0) is 31.0 Å². The smallest absolute Gasteiger partial charge is 0.226 e. The minimum absolute atomic E-state index is 0.0267. The maximum absolute atomic E-state index is 13.5. The van der Waals surface area contributed by atoms with Crippen molar-refractivity contribution in [3.8, 4) is 0 Å². The van der Waals surface area contributed by atoms with E-state index in [2.05, 4.69) is 5.32 Å². The number of rotatable bonds is 4. The highest BCUT2D eigenvalue weighted by molar-refractivity contribution is 6.35. The van der Waals surface area contributed by atoms with Crippen LogP contribution in [-0.4, -0.2) is 5.91 Å². The minimum atomic E-state index is -0.545. The van der Waals surface area contributed by atoms with Gasteiger partial charge in [-0.25, -0.2) is 4.39 Å². The molecule has 0 aliphatic carbocycles. The summed E-state index contributed by atoms with van der Waals surface area (Å²) in [6.07, 6.45) is 0.717. The lowest BCUT2D eigenvalue weighted by Crippen LogP contribution is -2.38. The first-order valence-electron chi connectivity index (χ1n) is 6.14. The van der Waals surface area contributed by atoms with E-state index in [0.29, 0.717) is 17.0 Å². The zero-order chi connectivity index (χ0) is 14.8. The van der Waals surface area contributed by atoms with Gasteiger partial charge in [-0.3, -0.25) is 4.79 Å². The SMILES string of the molecule is CCC(C)(C)C(=O)NC(C)c1cc(F)c(Cl)cc1Cl. The third-order valence-corrected chi connectivity index (χ3v) is 3.97. The topological polar surface area (TPSA) is 29.1 Å². The number of hydrogen-bond acceptors (Lipinski definition) is 1. The maximum Gasteiger partial charge on any atom is 0.226 e. The lowest BCUT2D eigenvalue weighted by atomic mass is 9.89. The standard InChI is InChI=1S/C14H18Cl2FNO/c1-5-14(3,4)13(19)18-8(2)9-6-12(17)11(16)7-10(9)15/h6-8H,5H2,1-4H3,(H,18,19). The summed E-state index contributed by atoms with van der Waals surface area (Å²) in [5.74, 6) is -0.633. The Bertz CT molecular complexity index is 489. The van der Waals surface area contributed by atoms with Crippen molar-refractivity contribution in [1.82, 2.24) is 5.32 Å². The van der Waals surface area contributed by atoms with Gasteiger partial charge >= 0.3 is 0 Å². The van der Waals surface area contributed by atoms with Gasteiger partial charge in [0.05, 0.1) is 11.1 Å². The van der Waals surface area contributed by atoms with Gasteiger partial charge in [0.2, 0.25) is 5.91 Å². The van der Waals surface area contributed by atoms with Crippen LogP contribution in [0.4, 0.5) is 4.39 Å². The van der Waals surface area contributed by atoms with Crippen molar-refractivity contribution in [1.29, 1.82) is 0 Å². The number of amides is 1. The third kappa shape index (κ3) is 3.83. The zero-order valence-corrected chi connectivity index (χ0v) is 13.0. The normalized spacial score (nSPS) is 13.2. The molecule has 0 aromatic heterocycles. The van der Waals surface area contributed by atoms with Crippen molar-refractivity contribution in [3.63, 3.8) is 0 Å². The molecule has 0 spiro atoms. The van der Waals surface area contributed by atoms with E-state index in [1.807, 2.05) is 20.8 Å². The summed E-state index contributed by atoms with van der Waals surface area (Å²) in [6, 6.07) is 2.23. The highest BCUT2D eigenvalue weighted by Crippen LogP contribution is 2.29. The molecular formula is C14H18Cl2FNO. The zero-order valence-electron chi connectivity index (χ0n) is 11.5. The van der Waals surface area contributed by atoms with Crippen LogP contribution >= 0.6 is 23.2 Å². The molecule has 0 heterocycles. The van der Waals surface area contributed by atoms with Gasteiger partial charge in [0, 0.05) is 10.4 Å². The van der Waals surface area contributed by atoms with E-state index in [4.69, 9.17) is 23.2 Å². The molecule has 1 atom stereocenters. The van der Waals surface area contributed by atoms with Gasteiger partial charge in [-0.2, -0.15) is 0 Å². The largest absolute Gasteiger partial charge is 0.349 e. The number of carbonyl (C=O) groups is 1. The maximum atomic E-state index is 13.5. The second-order valence-electron chi connectivity index (χ2n) is 5.22. The molecule has 0 aliphatic rings. The van der Waals surface area contributed by atoms with Gasteiger partial charge in [0.25, 0.3) is 0 Å². The van der Waals surface area contributed by atoms with Crippen LogP contribution in [0.15, 0.2) is 12.1 Å². The van der Waals surface area contributed by atoms with E-state index >= 15 is 0 Å². The second-order valence-corrected chi connectivity index (χ2v) is 6.03. The molecule has 1 rings (SSSR count). The van der Waals surface area contributed by atoms with E-state index < -0.39 is 11.2 Å². The number of halogens is 3. The van der Waals surface area contributed by atoms with Crippen LogP contribution < -0.4 is 5.32 Å². The number of benzene rings is 1. The molecule has 19 heavy (non-hydrogen) atoms. The van der Waals surface area contributed by atoms with Gasteiger partial charge in [0.15, 0.2) is 0 Å². The van der Waals surface area contributed by atoms with E-state index in [-0.39, 0.29) is 17.0 Å². The van der Waals surface area contributed by atoms with Crippen molar-refractivity contribution in [3.05, 3.63) is 33.6 Å². The Hall–Kier alpha value is -0.800. The number of hydrogen-bond donors (Lipinski definition) is 1. The molecular weight excluding hydrogens is 288 g/mol. The van der Waals surface area contributed by atoms with E-state index in [1.165, 1.54) is 12.1 Å². The van der Waals surface area contributed by atoms with Gasteiger partial charge in [-0.1, -0.05) is 44.0 Å². The fourth-order valence-corrected chi connectivity index (χ4v) is 2.05. The van der Waals surface area contributed by atoms with Crippen LogP contribution in [0, 0.1) is 11.2 Å². The summed E-state index contributed by atoms with van der Waals surface area (Å²) in [7, 11) is 0. The van der Waals surface area contributed by atoms with E-state index in [9.17, 15) is 9.18 Å². The van der Waals surface area contributed by atoms with Gasteiger partial charge < -0.3 is 5.32 Å². The summed E-state index contributed by atoms with van der Waals surface area (Å²) in [5.41, 5.74) is 0.0509. The van der Waals surface area contributed by atoms with Crippen LogP contribution in [0.1, 0.15) is 45.7 Å². The Labute approximate surface area is 123 Å². The fraction of sp³-hybridized carbons (Fsp3) is 0.500. The molecule has 5 heteroatoms. The fourth-order valence-electron chi connectivity index (χ4n) is 1.50. The summed E-state index contributed by atoms with van der Waals surface area (Å²) in [5, 5.41) is 3.16. The average molecular weight is 306 g/mol. The molecule has 1 N–H and O–H groups in total. The Morgan fingerprint density at radius 3 is 2.47 bits per heavy atom. The van der Waals surface area contributed by atoms with Crippen molar-refractivity contribution in [2.75, 3.05) is 0 Å². The molecule has 2 nitrogen and oxygen atoms in total. The van der Waals surface area contributed by atoms with Gasteiger partial charge in [-0.15, -0.1) is 0 Å². The molecule has 1 unspecified atom stereocenters. The molecule has 1 amide bonds. The summed E-state index contributed by atoms with van der Waals surface area (Å²) in [6.45, 7) is 7.43. The van der Waals surface area contributed by atoms with Crippen LogP contribution in [0.5, 0.6) is 0 Å². The molecule has 0 saturated heterocycles. The Morgan fingerprint density at radius 2 is 1.95 bits per heavy atom. The van der Waals surface area contributed by atoms with E-state index in [0.717, 1.165) is 0 Å². The van der Waals surface area contributed by atoms with Crippen molar-refractivity contribution >= 4 is 29.1 Å². The first-order chi connectivity index (χ1) is 8.69. The number of carbonyl (C=O) groups excluding carboxylic acids is 1. The van der Waals surface area contributed by atoms with Crippen molar-refractivity contribution in [2.45, 2.75) is 40.2 Å². The highest BCUT2D eigenvalue weighted by Gasteiger charge is 2.27. The highest BCUT2D eigenvalue weighted by atomic mass is 35.5. The third-order valence-electron chi connectivity index (χ3n) is 3.35. The molecule has 0 aliphatic heterocycles. The molecule has 106 valence electrons. The lowest BCUT2D eigenvalue weighted by molar-refractivity contribution is -0.130. The summed E-state index contributed by atoms with van der Waals surface area (Å²) >= 11 is 11.7. The molecule has 0 bridgehead atoms. The lowest BCUT2D eigenvalue weighted by Gasteiger charge is -2.25. The average Bonchev–Trinajstić information content (AvgIpc) is 2.33. The molecule has 1 aromatic rings. The van der Waals surface area contributed by atoms with Crippen LogP contribution in [0.2, 0.25) is 10.0 Å².